The summed E-state index contributed by atoms with van der Waals surface area (Å²) in [6.07, 6.45) is 5.95. The van der Waals surface area contributed by atoms with E-state index in [1.165, 1.54) is 0 Å². The van der Waals surface area contributed by atoms with Gasteiger partial charge in [0.15, 0.2) is 0 Å². The molecule has 0 N–H and O–H groups in total. The highest BCUT2D eigenvalue weighted by Crippen LogP contribution is 2.26. The number of hydrogen-bond donors (Lipinski definition) is 0. The van der Waals surface area contributed by atoms with E-state index in [1.807, 2.05) is 41.0 Å². The van der Waals surface area contributed by atoms with Crippen molar-refractivity contribution in [3.63, 3.8) is 0 Å². The number of fused-ring (bicyclic) bond motifs is 1. The molecule has 0 saturated carbocycles. The number of piperazine rings is 1. The normalized spacial score (nSPS) is 15.4. The lowest BCUT2D eigenvalue weighted by molar-refractivity contribution is 0.238. The summed E-state index contributed by atoms with van der Waals surface area (Å²) in [6, 6.07) is 14.1. The Morgan fingerprint density at radius 2 is 1.85 bits per heavy atom. The van der Waals surface area contributed by atoms with Gasteiger partial charge >= 0.3 is 0 Å². The molecule has 1 fully saturated rings. The molecular formula is C21H25ClN4O. The van der Waals surface area contributed by atoms with Gasteiger partial charge in [-0.3, -0.25) is 4.90 Å². The molecule has 0 radical (unpaired) electrons. The number of nitrogens with zero attached hydrogens (tertiary/aromatic N) is 4. The van der Waals surface area contributed by atoms with Crippen molar-refractivity contribution in [2.45, 2.75) is 12.8 Å². The van der Waals surface area contributed by atoms with Crippen LogP contribution < -0.4 is 9.64 Å². The van der Waals surface area contributed by atoms with Crippen molar-refractivity contribution in [1.29, 1.82) is 0 Å². The molecule has 1 aromatic carbocycles. The molecule has 0 amide bonds. The molecule has 0 bridgehead atoms. The Bertz CT molecular complexity index is 873. The number of rotatable bonds is 7. The molecular weight excluding hydrogens is 360 g/mol. The Kier molecular flexibility index (Phi) is 5.80. The van der Waals surface area contributed by atoms with Gasteiger partial charge < -0.3 is 9.64 Å². The van der Waals surface area contributed by atoms with E-state index in [-0.39, 0.29) is 0 Å². The molecule has 5 nitrogen and oxygen atoms in total. The smallest absolute Gasteiger partial charge is 0.122 e. The highest BCUT2D eigenvalue weighted by molar-refractivity contribution is 6.33. The van der Waals surface area contributed by atoms with Crippen LogP contribution >= 0.6 is 11.6 Å². The molecule has 0 unspecified atom stereocenters. The average molecular weight is 385 g/mol. The molecule has 0 atom stereocenters. The van der Waals surface area contributed by atoms with Crippen LogP contribution in [0.15, 0.2) is 54.9 Å². The third-order valence-corrected chi connectivity index (χ3v) is 5.39. The topological polar surface area (TPSA) is 33.0 Å². The predicted molar refractivity (Wildman–Crippen MR) is 110 cm³/mol. The van der Waals surface area contributed by atoms with E-state index in [0.717, 1.165) is 74.1 Å². The Morgan fingerprint density at radius 1 is 1.00 bits per heavy atom. The zero-order chi connectivity index (χ0) is 18.5. The molecule has 6 heteroatoms. The Morgan fingerprint density at radius 3 is 2.70 bits per heavy atom. The van der Waals surface area contributed by atoms with Crippen LogP contribution in [0.3, 0.4) is 0 Å². The maximum atomic E-state index is 6.31. The molecule has 1 aliphatic rings. The minimum absolute atomic E-state index is 0.754. The Hall–Kier alpha value is -2.24. The SMILES string of the molecule is Clc1ccccc1N1CCN(CCCCOc2ccn3nccc3c2)CC1. The zero-order valence-electron chi connectivity index (χ0n) is 15.4. The number of para-hydroxylation sites is 1. The highest BCUT2D eigenvalue weighted by atomic mass is 35.5. The van der Waals surface area contributed by atoms with Crippen molar-refractivity contribution < 1.29 is 4.74 Å². The number of ether oxygens (including phenoxy) is 1. The van der Waals surface area contributed by atoms with Gasteiger partial charge in [-0.2, -0.15) is 5.10 Å². The summed E-state index contributed by atoms with van der Waals surface area (Å²) < 4.78 is 7.72. The summed E-state index contributed by atoms with van der Waals surface area (Å²) >= 11 is 6.31. The molecule has 3 heterocycles. The fourth-order valence-electron chi connectivity index (χ4n) is 3.54. The third kappa shape index (κ3) is 4.54. The minimum Gasteiger partial charge on any atom is -0.493 e. The van der Waals surface area contributed by atoms with Crippen molar-refractivity contribution in [2.75, 3.05) is 44.2 Å². The number of benzene rings is 1. The molecule has 1 aliphatic heterocycles. The van der Waals surface area contributed by atoms with Crippen molar-refractivity contribution in [3.8, 4) is 5.75 Å². The van der Waals surface area contributed by atoms with Gasteiger partial charge in [0.25, 0.3) is 0 Å². The average Bonchev–Trinajstić information content (AvgIpc) is 3.17. The van der Waals surface area contributed by atoms with Crippen LogP contribution in [0.2, 0.25) is 5.02 Å². The fourth-order valence-corrected chi connectivity index (χ4v) is 3.79. The number of hydrogen-bond acceptors (Lipinski definition) is 4. The van der Waals surface area contributed by atoms with Gasteiger partial charge in [0, 0.05) is 44.6 Å². The monoisotopic (exact) mass is 384 g/mol. The molecule has 0 aliphatic carbocycles. The first-order chi connectivity index (χ1) is 13.3. The predicted octanol–water partition coefficient (Wildman–Crippen LogP) is 3.97. The maximum absolute atomic E-state index is 6.31. The van der Waals surface area contributed by atoms with Gasteiger partial charge in [-0.1, -0.05) is 23.7 Å². The number of aromatic nitrogens is 2. The van der Waals surface area contributed by atoms with Gasteiger partial charge in [-0.25, -0.2) is 4.52 Å². The zero-order valence-corrected chi connectivity index (χ0v) is 16.2. The molecule has 1 saturated heterocycles. The lowest BCUT2D eigenvalue weighted by Gasteiger charge is -2.36. The van der Waals surface area contributed by atoms with Gasteiger partial charge in [0.05, 0.1) is 22.8 Å². The van der Waals surface area contributed by atoms with Crippen LogP contribution in [0.5, 0.6) is 5.75 Å². The van der Waals surface area contributed by atoms with Crippen LogP contribution in [0.1, 0.15) is 12.8 Å². The third-order valence-electron chi connectivity index (χ3n) is 5.07. The van der Waals surface area contributed by atoms with Crippen LogP contribution in [-0.2, 0) is 0 Å². The summed E-state index contributed by atoms with van der Waals surface area (Å²) in [5, 5.41) is 5.04. The van der Waals surface area contributed by atoms with Crippen molar-refractivity contribution in [2.24, 2.45) is 0 Å². The fraction of sp³-hybridized carbons (Fsp3) is 0.381. The Balaban J connectivity index is 1.15. The first-order valence-corrected chi connectivity index (χ1v) is 9.95. The second-order valence-corrected chi connectivity index (χ2v) is 7.31. The van der Waals surface area contributed by atoms with E-state index >= 15 is 0 Å². The van der Waals surface area contributed by atoms with Crippen molar-refractivity contribution in [3.05, 3.63) is 59.9 Å². The molecule has 2 aromatic heterocycles. The molecule has 27 heavy (non-hydrogen) atoms. The summed E-state index contributed by atoms with van der Waals surface area (Å²) in [5.74, 6) is 0.913. The number of pyridine rings is 1. The van der Waals surface area contributed by atoms with Crippen LogP contribution in [0.25, 0.3) is 5.52 Å². The maximum Gasteiger partial charge on any atom is 0.122 e. The summed E-state index contributed by atoms with van der Waals surface area (Å²) in [7, 11) is 0. The largest absolute Gasteiger partial charge is 0.493 e. The molecule has 142 valence electrons. The summed E-state index contributed by atoms with van der Waals surface area (Å²) in [4.78, 5) is 4.92. The minimum atomic E-state index is 0.754. The molecule has 0 spiro atoms. The second-order valence-electron chi connectivity index (χ2n) is 6.90. The van der Waals surface area contributed by atoms with E-state index in [2.05, 4.69) is 27.0 Å². The van der Waals surface area contributed by atoms with Gasteiger partial charge in [-0.15, -0.1) is 0 Å². The standard InChI is InChI=1S/C21H25ClN4O/c22-20-5-1-2-6-21(20)25-14-12-24(13-15-25)10-3-4-16-27-19-8-11-26-18(17-19)7-9-23-26/h1-2,5-9,11,17H,3-4,10,12-16H2. The quantitative estimate of drug-likeness (QED) is 0.577. The van der Waals surface area contributed by atoms with Gasteiger partial charge in [-0.05, 0) is 43.7 Å². The van der Waals surface area contributed by atoms with E-state index < -0.39 is 0 Å². The lowest BCUT2D eigenvalue weighted by atomic mass is 10.2. The molecule has 4 rings (SSSR count). The van der Waals surface area contributed by atoms with E-state index in [4.69, 9.17) is 16.3 Å². The Labute approximate surface area is 165 Å². The molecule has 3 aromatic rings. The first kappa shape index (κ1) is 18.1. The number of unbranched alkanes of at least 4 members (excludes halogenated alkanes) is 1. The van der Waals surface area contributed by atoms with E-state index in [9.17, 15) is 0 Å². The van der Waals surface area contributed by atoms with Gasteiger partial charge in [0.1, 0.15) is 5.75 Å². The van der Waals surface area contributed by atoms with Crippen LogP contribution in [0, 0.1) is 0 Å². The van der Waals surface area contributed by atoms with Crippen molar-refractivity contribution in [1.82, 2.24) is 14.5 Å². The van der Waals surface area contributed by atoms with E-state index in [1.54, 1.807) is 6.20 Å². The number of anilines is 1. The summed E-state index contributed by atoms with van der Waals surface area (Å²) in [5.41, 5.74) is 2.21. The van der Waals surface area contributed by atoms with E-state index in [0.29, 0.717) is 0 Å². The summed E-state index contributed by atoms with van der Waals surface area (Å²) in [6.45, 7) is 6.12. The van der Waals surface area contributed by atoms with Gasteiger partial charge in [0.2, 0.25) is 0 Å². The number of halogens is 1. The highest BCUT2D eigenvalue weighted by Gasteiger charge is 2.18. The first-order valence-electron chi connectivity index (χ1n) is 9.58. The van der Waals surface area contributed by atoms with Crippen LogP contribution in [0.4, 0.5) is 5.69 Å². The lowest BCUT2D eigenvalue weighted by Crippen LogP contribution is -2.46. The van der Waals surface area contributed by atoms with Crippen LogP contribution in [-0.4, -0.2) is 53.8 Å². The van der Waals surface area contributed by atoms with Crippen molar-refractivity contribution >= 4 is 22.8 Å². The second kappa shape index (κ2) is 8.63.